The third-order valence-corrected chi connectivity index (χ3v) is 10.1. The highest BCUT2D eigenvalue weighted by molar-refractivity contribution is 7.47. The highest BCUT2D eigenvalue weighted by Gasteiger charge is 2.52. The summed E-state index contributed by atoms with van der Waals surface area (Å²) in [6, 6.07) is 3.63. The molecule has 0 heterocycles. The lowest BCUT2D eigenvalue weighted by Crippen LogP contribution is -2.49. The summed E-state index contributed by atoms with van der Waals surface area (Å²) < 4.78 is 29.8. The maximum absolute atomic E-state index is 13.7. The Hall–Kier alpha value is -1.92. The number of ether oxygens (including phenoxy) is 1. The number of carbonyl (C=O) groups is 1. The van der Waals surface area contributed by atoms with E-state index in [1.807, 2.05) is 13.0 Å². The van der Waals surface area contributed by atoms with Gasteiger partial charge in [-0.15, -0.1) is 0 Å². The molecule has 43 heavy (non-hydrogen) atoms. The molecule has 0 saturated heterocycles. The van der Waals surface area contributed by atoms with Gasteiger partial charge >= 0.3 is 13.8 Å². The van der Waals surface area contributed by atoms with E-state index in [4.69, 9.17) is 13.8 Å². The van der Waals surface area contributed by atoms with Crippen LogP contribution in [-0.2, 0) is 24.8 Å². The van der Waals surface area contributed by atoms with Crippen LogP contribution >= 0.6 is 7.82 Å². The Labute approximate surface area is 259 Å². The van der Waals surface area contributed by atoms with Crippen molar-refractivity contribution in [3.05, 3.63) is 47.1 Å². The van der Waals surface area contributed by atoms with Gasteiger partial charge in [-0.2, -0.15) is 0 Å². The molecule has 1 aromatic carbocycles. The van der Waals surface area contributed by atoms with Gasteiger partial charge in [-0.3, -0.25) is 9.05 Å². The Bertz CT molecular complexity index is 1150. The molecule has 0 spiro atoms. The van der Waals surface area contributed by atoms with Crippen molar-refractivity contribution in [3.8, 4) is 11.5 Å². The molecule has 2 aliphatic rings. The predicted octanol–water partition coefficient (Wildman–Crippen LogP) is 9.85. The minimum atomic E-state index is -4.48. The maximum atomic E-state index is 13.7. The standard InChI is InChI=1S/C35H55O7P/c1-6-8-10-11-12-13-15-22-40-43(38,39)42-35(20-16-21-35)34(37)41-32-25-28(17-14-9-7-2)24-31(36)33(32)30-23-27(5)18-19-29(30)26(3)4/h23-25,29-30,36H,3,6-22H2,1-2,4-5H3,(H,38,39)/t29-,30+/m0/s1. The van der Waals surface area contributed by atoms with Crippen molar-refractivity contribution in [2.45, 2.75) is 142 Å². The first-order valence-electron chi connectivity index (χ1n) is 16.6. The molecule has 8 heteroatoms. The van der Waals surface area contributed by atoms with Crippen LogP contribution < -0.4 is 4.74 Å². The van der Waals surface area contributed by atoms with Crippen LogP contribution in [0.5, 0.6) is 11.5 Å². The second kappa shape index (κ2) is 17.0. The van der Waals surface area contributed by atoms with Crippen LogP contribution in [0.3, 0.4) is 0 Å². The van der Waals surface area contributed by atoms with Gasteiger partial charge in [0, 0.05) is 11.5 Å². The van der Waals surface area contributed by atoms with Gasteiger partial charge in [0.1, 0.15) is 11.5 Å². The van der Waals surface area contributed by atoms with Crippen LogP contribution in [0.15, 0.2) is 35.9 Å². The van der Waals surface area contributed by atoms with Gasteiger partial charge in [0.2, 0.25) is 0 Å². The third kappa shape index (κ3) is 10.3. The molecular weight excluding hydrogens is 563 g/mol. The first-order valence-corrected chi connectivity index (χ1v) is 18.1. The number of aromatic hydroxyl groups is 1. The van der Waals surface area contributed by atoms with Crippen molar-refractivity contribution in [1.82, 2.24) is 0 Å². The van der Waals surface area contributed by atoms with Crippen LogP contribution in [0.25, 0.3) is 0 Å². The van der Waals surface area contributed by atoms with E-state index in [1.165, 1.54) is 24.8 Å². The van der Waals surface area contributed by atoms with E-state index in [9.17, 15) is 19.4 Å². The molecule has 3 rings (SSSR count). The number of esters is 1. The van der Waals surface area contributed by atoms with E-state index >= 15 is 0 Å². The highest BCUT2D eigenvalue weighted by Crippen LogP contribution is 2.54. The lowest BCUT2D eigenvalue weighted by Gasteiger charge is -2.39. The predicted molar refractivity (Wildman–Crippen MR) is 172 cm³/mol. The molecule has 1 fully saturated rings. The average molecular weight is 619 g/mol. The van der Waals surface area contributed by atoms with Gasteiger partial charge in [-0.25, -0.2) is 9.36 Å². The number of phenols is 1. The van der Waals surface area contributed by atoms with Gasteiger partial charge in [0.25, 0.3) is 0 Å². The summed E-state index contributed by atoms with van der Waals surface area (Å²) in [5.74, 6) is -0.461. The van der Waals surface area contributed by atoms with E-state index in [1.54, 1.807) is 6.07 Å². The van der Waals surface area contributed by atoms with Crippen LogP contribution in [0.2, 0.25) is 0 Å². The molecule has 0 radical (unpaired) electrons. The summed E-state index contributed by atoms with van der Waals surface area (Å²) >= 11 is 0. The first-order chi connectivity index (χ1) is 20.5. The Morgan fingerprint density at radius 1 is 1.05 bits per heavy atom. The van der Waals surface area contributed by atoms with E-state index in [0.29, 0.717) is 18.4 Å². The largest absolute Gasteiger partial charge is 0.507 e. The minimum absolute atomic E-state index is 0.0876. The van der Waals surface area contributed by atoms with Crippen LogP contribution in [0, 0.1) is 5.92 Å². The number of phosphoric acid groups is 1. The normalized spacial score (nSPS) is 21.0. The fraction of sp³-hybridized carbons (Fsp3) is 0.686. The molecule has 2 aliphatic carbocycles. The molecule has 1 aromatic rings. The number of benzene rings is 1. The molecule has 242 valence electrons. The first kappa shape index (κ1) is 35.6. The molecule has 2 N–H and O–H groups in total. The fourth-order valence-corrected chi connectivity index (χ4v) is 7.34. The Morgan fingerprint density at radius 3 is 2.33 bits per heavy atom. The molecule has 0 aliphatic heterocycles. The molecule has 3 atom stereocenters. The molecular formula is C35H55O7P. The van der Waals surface area contributed by atoms with Gasteiger partial charge in [0.15, 0.2) is 5.60 Å². The zero-order chi connectivity index (χ0) is 31.5. The van der Waals surface area contributed by atoms with Crippen molar-refractivity contribution in [3.63, 3.8) is 0 Å². The second-order valence-corrected chi connectivity index (χ2v) is 14.1. The van der Waals surface area contributed by atoms with Crippen molar-refractivity contribution >= 4 is 13.8 Å². The SMILES string of the molecule is C=C(C)[C@@H]1CCC(C)=C[C@H]1c1c(O)cc(CCCCC)cc1OC(=O)C1(OP(=O)(O)OCCCCCCCCC)CCC1. The van der Waals surface area contributed by atoms with Gasteiger partial charge in [-0.1, -0.05) is 89.0 Å². The minimum Gasteiger partial charge on any atom is -0.507 e. The molecule has 1 unspecified atom stereocenters. The smallest absolute Gasteiger partial charge is 0.473 e. The number of phosphoric ester groups is 1. The van der Waals surface area contributed by atoms with Crippen LogP contribution in [0.1, 0.15) is 141 Å². The fourth-order valence-electron chi connectivity index (χ4n) is 6.23. The summed E-state index contributed by atoms with van der Waals surface area (Å²) in [4.78, 5) is 24.3. The van der Waals surface area contributed by atoms with Gasteiger partial charge in [0.05, 0.1) is 6.61 Å². The van der Waals surface area contributed by atoms with Crippen LogP contribution in [0.4, 0.5) is 0 Å². The summed E-state index contributed by atoms with van der Waals surface area (Å²) in [6.07, 6.45) is 16.4. The highest BCUT2D eigenvalue weighted by atomic mass is 31.2. The summed E-state index contributed by atoms with van der Waals surface area (Å²) in [5.41, 5.74) is 2.11. The van der Waals surface area contributed by atoms with Crippen molar-refractivity contribution < 1.29 is 33.1 Å². The Kier molecular flexibility index (Phi) is 14.0. The summed E-state index contributed by atoms with van der Waals surface area (Å²) in [5, 5.41) is 11.4. The zero-order valence-corrected chi connectivity index (χ0v) is 27.9. The van der Waals surface area contributed by atoms with Crippen molar-refractivity contribution in [1.29, 1.82) is 0 Å². The number of rotatable bonds is 19. The average Bonchev–Trinajstić information content (AvgIpc) is 2.92. The van der Waals surface area contributed by atoms with E-state index in [2.05, 4.69) is 33.4 Å². The third-order valence-electron chi connectivity index (χ3n) is 8.99. The molecule has 0 amide bonds. The summed E-state index contributed by atoms with van der Waals surface area (Å²) in [6.45, 7) is 12.7. The van der Waals surface area contributed by atoms with E-state index in [0.717, 1.165) is 68.9 Å². The van der Waals surface area contributed by atoms with Gasteiger partial charge < -0.3 is 14.7 Å². The topological polar surface area (TPSA) is 102 Å². The number of hydrogen-bond acceptors (Lipinski definition) is 6. The Balaban J connectivity index is 1.79. The quantitative estimate of drug-likeness (QED) is 0.0523. The maximum Gasteiger partial charge on any atom is 0.473 e. The monoisotopic (exact) mass is 618 g/mol. The lowest BCUT2D eigenvalue weighted by atomic mass is 9.73. The van der Waals surface area contributed by atoms with E-state index in [-0.39, 0.29) is 42.8 Å². The van der Waals surface area contributed by atoms with Crippen molar-refractivity contribution in [2.24, 2.45) is 5.92 Å². The molecule has 7 nitrogen and oxygen atoms in total. The molecule has 0 aromatic heterocycles. The molecule has 1 saturated carbocycles. The number of phenolic OH excluding ortho intramolecular Hbond substituents is 1. The van der Waals surface area contributed by atoms with Crippen molar-refractivity contribution in [2.75, 3.05) is 6.61 Å². The van der Waals surface area contributed by atoms with Gasteiger partial charge in [-0.05, 0) is 88.8 Å². The number of unbranched alkanes of at least 4 members (excludes halogenated alkanes) is 8. The number of carbonyl (C=O) groups excluding carboxylic acids is 1. The zero-order valence-electron chi connectivity index (χ0n) is 27.0. The summed E-state index contributed by atoms with van der Waals surface area (Å²) in [7, 11) is -4.48. The second-order valence-electron chi connectivity index (χ2n) is 12.8. The van der Waals surface area contributed by atoms with Crippen LogP contribution in [-0.4, -0.2) is 28.2 Å². The van der Waals surface area contributed by atoms with E-state index < -0.39 is 19.4 Å². The number of aryl methyl sites for hydroxylation is 1. The number of allylic oxidation sites excluding steroid dienone is 3. The Morgan fingerprint density at radius 2 is 1.70 bits per heavy atom. The number of hydrogen-bond donors (Lipinski definition) is 2. The lowest BCUT2D eigenvalue weighted by molar-refractivity contribution is -0.162. The molecule has 0 bridgehead atoms.